The van der Waals surface area contributed by atoms with Gasteiger partial charge in [0.15, 0.2) is 0 Å². The molecule has 4 aromatic rings. The summed E-state index contributed by atoms with van der Waals surface area (Å²) in [6.45, 7) is 2.11. The molecule has 1 aliphatic carbocycles. The van der Waals surface area contributed by atoms with Gasteiger partial charge in [-0.2, -0.15) is 18.3 Å². The van der Waals surface area contributed by atoms with Crippen molar-refractivity contribution in [3.63, 3.8) is 0 Å². The van der Waals surface area contributed by atoms with E-state index in [-0.39, 0.29) is 24.6 Å². The first-order valence-corrected chi connectivity index (χ1v) is 16.1. The van der Waals surface area contributed by atoms with Gasteiger partial charge in [-0.3, -0.25) is 19.3 Å². The predicted molar refractivity (Wildman–Crippen MR) is 177 cm³/mol. The lowest BCUT2D eigenvalue weighted by Gasteiger charge is -2.38. The fraction of sp³-hybridized carbons (Fsp3) is 0.270. The largest absolute Gasteiger partial charge is 0.466 e. The SMILES string of the molecule is CCN1C(=O)[C@H](NC(=O)c2cccc(C(F)(F)F)c2)[C@@H](c2cccc(CNC(=O)C3=C(C(=O)OC)CCC3)c2)c2cnn(-c3ccccc3)c21. The smallest absolute Gasteiger partial charge is 0.416 e. The van der Waals surface area contributed by atoms with Crippen molar-refractivity contribution in [2.45, 2.75) is 50.9 Å². The van der Waals surface area contributed by atoms with Crippen LogP contribution in [0.4, 0.5) is 19.0 Å². The van der Waals surface area contributed by atoms with Crippen molar-refractivity contribution in [3.05, 3.63) is 124 Å². The van der Waals surface area contributed by atoms with Gasteiger partial charge in [-0.15, -0.1) is 0 Å². The van der Waals surface area contributed by atoms with Gasteiger partial charge in [0, 0.05) is 41.3 Å². The number of benzene rings is 3. The summed E-state index contributed by atoms with van der Waals surface area (Å²) in [5.41, 5.74) is 2.13. The van der Waals surface area contributed by atoms with Crippen LogP contribution in [0.1, 0.15) is 64.7 Å². The molecule has 2 aliphatic rings. The number of aromatic nitrogens is 2. The summed E-state index contributed by atoms with van der Waals surface area (Å²) in [6.07, 6.45) is -1.46. The summed E-state index contributed by atoms with van der Waals surface area (Å²) in [6, 6.07) is 19.2. The molecule has 13 heteroatoms. The van der Waals surface area contributed by atoms with Crippen LogP contribution >= 0.6 is 0 Å². The van der Waals surface area contributed by atoms with Crippen molar-refractivity contribution < 1.29 is 37.1 Å². The van der Waals surface area contributed by atoms with Crippen LogP contribution in [-0.2, 0) is 31.8 Å². The number of anilines is 1. The predicted octanol–water partition coefficient (Wildman–Crippen LogP) is 5.46. The Morgan fingerprint density at radius 3 is 2.40 bits per heavy atom. The molecule has 1 aliphatic heterocycles. The van der Waals surface area contributed by atoms with Gasteiger partial charge in [0.05, 0.1) is 24.6 Å². The molecule has 0 fully saturated rings. The number of likely N-dealkylation sites (N-methyl/N-ethyl adjacent to an activating group) is 1. The van der Waals surface area contributed by atoms with Gasteiger partial charge in [-0.25, -0.2) is 9.48 Å². The Morgan fingerprint density at radius 1 is 0.940 bits per heavy atom. The molecule has 3 amide bonds. The summed E-state index contributed by atoms with van der Waals surface area (Å²) in [5.74, 6) is -2.51. The number of nitrogens with zero attached hydrogens (tertiary/aromatic N) is 3. The van der Waals surface area contributed by atoms with E-state index in [0.29, 0.717) is 58.6 Å². The fourth-order valence-corrected chi connectivity index (χ4v) is 6.61. The Morgan fingerprint density at radius 2 is 1.68 bits per heavy atom. The van der Waals surface area contributed by atoms with E-state index in [9.17, 15) is 32.3 Å². The number of ether oxygens (including phenoxy) is 1. The van der Waals surface area contributed by atoms with E-state index in [0.717, 1.165) is 18.2 Å². The molecule has 258 valence electrons. The maximum absolute atomic E-state index is 14.3. The Labute approximate surface area is 285 Å². The third-order valence-electron chi connectivity index (χ3n) is 8.97. The Balaban J connectivity index is 1.38. The molecular formula is C37H34F3N5O5. The fourth-order valence-electron chi connectivity index (χ4n) is 6.61. The zero-order valence-corrected chi connectivity index (χ0v) is 27.3. The van der Waals surface area contributed by atoms with Crippen LogP contribution in [0, 0.1) is 0 Å². The second kappa shape index (κ2) is 14.0. The number of alkyl halides is 3. The first-order valence-electron chi connectivity index (χ1n) is 16.1. The number of hydrogen-bond acceptors (Lipinski definition) is 6. The minimum atomic E-state index is -4.66. The first-order chi connectivity index (χ1) is 24.0. The molecule has 2 heterocycles. The summed E-state index contributed by atoms with van der Waals surface area (Å²) >= 11 is 0. The van der Waals surface area contributed by atoms with Crippen LogP contribution in [0.2, 0.25) is 0 Å². The number of carbonyl (C=O) groups is 4. The third kappa shape index (κ3) is 6.63. The van der Waals surface area contributed by atoms with Crippen molar-refractivity contribution >= 4 is 29.5 Å². The van der Waals surface area contributed by atoms with E-state index in [2.05, 4.69) is 15.7 Å². The van der Waals surface area contributed by atoms with Crippen LogP contribution in [0.3, 0.4) is 0 Å². The van der Waals surface area contributed by atoms with Crippen LogP contribution in [0.15, 0.2) is 96.2 Å². The highest BCUT2D eigenvalue weighted by Gasteiger charge is 2.44. The van der Waals surface area contributed by atoms with E-state index in [4.69, 9.17) is 4.74 Å². The van der Waals surface area contributed by atoms with Gasteiger partial charge in [0.1, 0.15) is 11.9 Å². The van der Waals surface area contributed by atoms with Crippen LogP contribution in [-0.4, -0.2) is 53.2 Å². The van der Waals surface area contributed by atoms with Gasteiger partial charge in [-0.05, 0) is 67.6 Å². The number of methoxy groups -OCH3 is 1. The van der Waals surface area contributed by atoms with Gasteiger partial charge in [0.25, 0.3) is 11.8 Å². The number of hydrogen-bond donors (Lipinski definition) is 2. The molecule has 0 saturated carbocycles. The topological polar surface area (TPSA) is 123 Å². The molecule has 50 heavy (non-hydrogen) atoms. The third-order valence-corrected chi connectivity index (χ3v) is 8.97. The summed E-state index contributed by atoms with van der Waals surface area (Å²) in [5, 5.41) is 10.2. The lowest BCUT2D eigenvalue weighted by atomic mass is 9.81. The lowest BCUT2D eigenvalue weighted by molar-refractivity contribution is -0.138. The molecule has 3 aromatic carbocycles. The molecule has 0 saturated heterocycles. The van der Waals surface area contributed by atoms with Gasteiger partial charge >= 0.3 is 12.1 Å². The summed E-state index contributed by atoms with van der Waals surface area (Å²) < 4.78 is 47.0. The molecule has 0 spiro atoms. The van der Waals surface area contributed by atoms with Crippen molar-refractivity contribution in [2.24, 2.45) is 0 Å². The van der Waals surface area contributed by atoms with E-state index >= 15 is 0 Å². The minimum absolute atomic E-state index is 0.101. The van der Waals surface area contributed by atoms with Gasteiger partial charge in [-0.1, -0.05) is 48.5 Å². The second-order valence-corrected chi connectivity index (χ2v) is 12.0. The molecule has 0 bridgehead atoms. The molecule has 2 N–H and O–H groups in total. The molecule has 1 aromatic heterocycles. The molecule has 6 rings (SSSR count). The maximum atomic E-state index is 14.3. The number of amides is 3. The van der Waals surface area contributed by atoms with E-state index in [1.165, 1.54) is 18.1 Å². The molecule has 0 unspecified atom stereocenters. The van der Waals surface area contributed by atoms with Crippen molar-refractivity contribution in [1.82, 2.24) is 20.4 Å². The summed E-state index contributed by atoms with van der Waals surface area (Å²) in [7, 11) is 1.27. The summed E-state index contributed by atoms with van der Waals surface area (Å²) in [4.78, 5) is 54.6. The van der Waals surface area contributed by atoms with E-state index < -0.39 is 41.5 Å². The standard InChI is InChI=1S/C37H34F3N5O5/c1-3-44-34-29(21-42-45(34)26-14-5-4-6-15-26)30(31(35(44)48)43-32(46)24-12-8-13-25(19-24)37(38,39)40)23-11-7-10-22(18-23)20-41-33(47)27-16-9-17-28(27)36(49)50-2/h4-8,10-15,18-19,21,30-31H,3,9,16-17,20H2,1-2H3,(H,41,47)(H,43,46)/t30-,31+/m0/s1. The van der Waals surface area contributed by atoms with Crippen LogP contribution in [0.25, 0.3) is 5.69 Å². The lowest BCUT2D eigenvalue weighted by Crippen LogP contribution is -2.55. The van der Waals surface area contributed by atoms with Gasteiger partial charge in [0.2, 0.25) is 5.91 Å². The molecule has 2 atom stereocenters. The average Bonchev–Trinajstić information content (AvgIpc) is 3.79. The quantitative estimate of drug-likeness (QED) is 0.226. The number of nitrogens with one attached hydrogen (secondary N) is 2. The number of rotatable bonds is 9. The highest BCUT2D eigenvalue weighted by Crippen LogP contribution is 2.42. The van der Waals surface area contributed by atoms with Crippen LogP contribution in [0.5, 0.6) is 0 Å². The number of para-hydroxylation sites is 1. The normalized spacial score (nSPS) is 17.4. The van der Waals surface area contributed by atoms with Crippen LogP contribution < -0.4 is 15.5 Å². The van der Waals surface area contributed by atoms with E-state index in [1.54, 1.807) is 42.1 Å². The monoisotopic (exact) mass is 685 g/mol. The number of esters is 1. The van der Waals surface area contributed by atoms with Crippen molar-refractivity contribution in [2.75, 3.05) is 18.6 Å². The second-order valence-electron chi connectivity index (χ2n) is 12.0. The maximum Gasteiger partial charge on any atom is 0.416 e. The highest BCUT2D eigenvalue weighted by atomic mass is 19.4. The van der Waals surface area contributed by atoms with Crippen molar-refractivity contribution in [3.8, 4) is 5.69 Å². The average molecular weight is 686 g/mol. The minimum Gasteiger partial charge on any atom is -0.466 e. The zero-order chi connectivity index (χ0) is 35.6. The van der Waals surface area contributed by atoms with E-state index in [1.807, 2.05) is 30.3 Å². The molecule has 10 nitrogen and oxygen atoms in total. The molecule has 0 radical (unpaired) electrons. The Bertz CT molecular complexity index is 1990. The Kier molecular flexibility index (Phi) is 9.58. The Hall–Kier alpha value is -5.72. The number of carbonyl (C=O) groups excluding carboxylic acids is 4. The number of fused-ring (bicyclic) bond motifs is 1. The first kappa shape index (κ1) is 34.2. The van der Waals surface area contributed by atoms with Crippen molar-refractivity contribution in [1.29, 1.82) is 0 Å². The molecular weight excluding hydrogens is 651 g/mol. The van der Waals surface area contributed by atoms with Gasteiger partial charge < -0.3 is 15.4 Å². The zero-order valence-electron chi connectivity index (χ0n) is 27.3. The highest BCUT2D eigenvalue weighted by molar-refractivity contribution is 6.05. The number of halogens is 3.